The van der Waals surface area contributed by atoms with Gasteiger partial charge in [-0.15, -0.1) is 5.10 Å². The lowest BCUT2D eigenvalue weighted by Crippen LogP contribution is -2.22. The summed E-state index contributed by atoms with van der Waals surface area (Å²) < 4.78 is 25.7. The van der Waals surface area contributed by atoms with Gasteiger partial charge in [0.2, 0.25) is 5.13 Å². The molecule has 4 rings (SSSR count). The van der Waals surface area contributed by atoms with Crippen LogP contribution in [0.15, 0.2) is 18.5 Å². The minimum Gasteiger partial charge on any atom is -0.494 e. The lowest BCUT2D eigenvalue weighted by molar-refractivity contribution is 0.0915. The van der Waals surface area contributed by atoms with Crippen LogP contribution in [-0.2, 0) is 0 Å². The normalized spacial score (nSPS) is 17.9. The molecule has 3 aromatic heterocycles. The number of carbonyl (C=O) groups is 1. The number of halogens is 2. The molecule has 0 unspecified atom stereocenters. The van der Waals surface area contributed by atoms with Gasteiger partial charge in [-0.05, 0) is 55.9 Å². The third kappa shape index (κ3) is 5.43. The predicted octanol–water partition coefficient (Wildman–Crippen LogP) is 4.29. The molecule has 0 aliphatic heterocycles. The Morgan fingerprint density at radius 1 is 1.29 bits per heavy atom. The third-order valence-electron chi connectivity index (χ3n) is 5.57. The molecule has 34 heavy (non-hydrogen) atoms. The first kappa shape index (κ1) is 24.2. The zero-order valence-corrected chi connectivity index (χ0v) is 20.1. The molecule has 0 aromatic carbocycles. The smallest absolute Gasteiger partial charge is 0.295 e. The third-order valence-corrected chi connectivity index (χ3v) is 6.59. The maximum absolute atomic E-state index is 14.7. The van der Waals surface area contributed by atoms with E-state index < -0.39 is 11.7 Å². The molecule has 0 atom stereocenters. The summed E-state index contributed by atoms with van der Waals surface area (Å²) >= 11 is 7.39. The van der Waals surface area contributed by atoms with Crippen LogP contribution in [0, 0.1) is 18.7 Å². The van der Waals surface area contributed by atoms with Crippen molar-refractivity contribution >= 4 is 34.0 Å². The molecule has 1 saturated carbocycles. The number of methoxy groups -OCH3 is 1. The summed E-state index contributed by atoms with van der Waals surface area (Å²) in [5, 5.41) is 20.6. The molecular weight excluding hydrogens is 485 g/mol. The largest absolute Gasteiger partial charge is 0.494 e. The lowest BCUT2D eigenvalue weighted by atomic mass is 9.88. The number of aryl methyl sites for hydroxylation is 1. The molecule has 0 saturated heterocycles. The average molecular weight is 508 g/mol. The van der Waals surface area contributed by atoms with Gasteiger partial charge in [-0.1, -0.05) is 16.7 Å². The number of hydrogen-bond donors (Lipinski definition) is 2. The number of pyridine rings is 2. The number of carbonyl (C=O) groups excluding carboxylic acids is 1. The van der Waals surface area contributed by atoms with Gasteiger partial charge in [-0.3, -0.25) is 15.1 Å². The fraction of sp³-hybridized carbons (Fsp3) is 0.409. The van der Waals surface area contributed by atoms with E-state index in [1.807, 2.05) is 0 Å². The fourth-order valence-electron chi connectivity index (χ4n) is 3.86. The highest BCUT2D eigenvalue weighted by atomic mass is 35.5. The molecule has 12 heteroatoms. The van der Waals surface area contributed by atoms with Gasteiger partial charge in [-0.25, -0.2) is 9.37 Å². The zero-order valence-electron chi connectivity index (χ0n) is 18.5. The van der Waals surface area contributed by atoms with Crippen molar-refractivity contribution in [2.45, 2.75) is 38.7 Å². The Morgan fingerprint density at radius 2 is 2.06 bits per heavy atom. The van der Waals surface area contributed by atoms with E-state index in [9.17, 15) is 14.3 Å². The number of hydrogen-bond acceptors (Lipinski definition) is 9. The molecule has 1 aliphatic carbocycles. The minimum absolute atomic E-state index is 0.0332. The highest BCUT2D eigenvalue weighted by Gasteiger charge is 2.25. The summed E-state index contributed by atoms with van der Waals surface area (Å²) in [6.45, 7) is 2.15. The Kier molecular flexibility index (Phi) is 7.54. The maximum atomic E-state index is 14.7. The van der Waals surface area contributed by atoms with E-state index in [1.54, 1.807) is 13.0 Å². The van der Waals surface area contributed by atoms with Crippen molar-refractivity contribution in [3.63, 3.8) is 0 Å². The van der Waals surface area contributed by atoms with Gasteiger partial charge in [-0.2, -0.15) is 0 Å². The molecule has 0 spiro atoms. The average Bonchev–Trinajstić information content (AvgIpc) is 3.25. The first-order chi connectivity index (χ1) is 16.4. The molecule has 0 bridgehead atoms. The molecule has 1 fully saturated rings. The van der Waals surface area contributed by atoms with E-state index in [4.69, 9.17) is 21.1 Å². The second kappa shape index (κ2) is 10.6. The predicted molar refractivity (Wildman–Crippen MR) is 125 cm³/mol. The van der Waals surface area contributed by atoms with Crippen LogP contribution in [0.3, 0.4) is 0 Å². The van der Waals surface area contributed by atoms with E-state index in [2.05, 4.69) is 25.5 Å². The summed E-state index contributed by atoms with van der Waals surface area (Å²) in [6.07, 6.45) is 5.47. The van der Waals surface area contributed by atoms with E-state index in [1.165, 1.54) is 13.3 Å². The van der Waals surface area contributed by atoms with Crippen molar-refractivity contribution in [2.24, 2.45) is 5.92 Å². The molecule has 2 N–H and O–H groups in total. The highest BCUT2D eigenvalue weighted by Crippen LogP contribution is 2.37. The summed E-state index contributed by atoms with van der Waals surface area (Å²) in [5.41, 5.74) is 0.729. The van der Waals surface area contributed by atoms with Gasteiger partial charge in [0.1, 0.15) is 10.9 Å². The lowest BCUT2D eigenvalue weighted by Gasteiger charge is -2.24. The standard InChI is InChI=1S/C22H23ClFN5O4S/c1-11-7-14(17-15(24)8-25-9-16(17)32-2)18(19(23)26-11)20(31)27-21-28-29-22(34-21)33-10-12-3-5-13(30)6-4-12/h7-9,12-13,30H,3-6,10H2,1-2H3,(H,27,28,31). The van der Waals surface area contributed by atoms with Crippen molar-refractivity contribution in [3.05, 3.63) is 40.7 Å². The summed E-state index contributed by atoms with van der Waals surface area (Å²) in [5.74, 6) is -0.806. The number of nitrogens with one attached hydrogen (secondary N) is 1. The first-order valence-corrected chi connectivity index (χ1v) is 11.9. The summed E-state index contributed by atoms with van der Waals surface area (Å²) in [7, 11) is 1.38. The van der Waals surface area contributed by atoms with Crippen LogP contribution in [-0.4, -0.2) is 51.0 Å². The van der Waals surface area contributed by atoms with Crippen molar-refractivity contribution in [2.75, 3.05) is 19.0 Å². The molecule has 1 aliphatic rings. The summed E-state index contributed by atoms with van der Waals surface area (Å²) in [6, 6.07) is 1.55. The Bertz CT molecular complexity index is 1190. The second-order valence-corrected chi connectivity index (χ2v) is 9.29. The number of amides is 1. The number of aliphatic hydroxyl groups is 1. The molecule has 3 aromatic rings. The molecule has 1 amide bonds. The Balaban J connectivity index is 1.53. The minimum atomic E-state index is -0.670. The summed E-state index contributed by atoms with van der Waals surface area (Å²) in [4.78, 5) is 21.1. The molecule has 3 heterocycles. The van der Waals surface area contributed by atoms with Crippen LogP contribution in [0.4, 0.5) is 9.52 Å². The van der Waals surface area contributed by atoms with Crippen molar-refractivity contribution in [1.82, 2.24) is 20.2 Å². The number of anilines is 1. The van der Waals surface area contributed by atoms with E-state index in [-0.39, 0.29) is 38.8 Å². The quantitative estimate of drug-likeness (QED) is 0.454. The van der Waals surface area contributed by atoms with E-state index in [0.717, 1.165) is 43.2 Å². The highest BCUT2D eigenvalue weighted by molar-refractivity contribution is 7.17. The van der Waals surface area contributed by atoms with Crippen LogP contribution in [0.25, 0.3) is 11.1 Å². The van der Waals surface area contributed by atoms with Gasteiger partial charge in [0.15, 0.2) is 5.82 Å². The maximum Gasteiger partial charge on any atom is 0.295 e. The van der Waals surface area contributed by atoms with Crippen molar-refractivity contribution < 1.29 is 23.8 Å². The first-order valence-electron chi connectivity index (χ1n) is 10.7. The second-order valence-electron chi connectivity index (χ2n) is 7.99. The molecule has 0 radical (unpaired) electrons. The van der Waals surface area contributed by atoms with Gasteiger partial charge in [0.05, 0.1) is 43.3 Å². The number of nitrogens with zero attached hydrogens (tertiary/aromatic N) is 4. The topological polar surface area (TPSA) is 119 Å². The van der Waals surface area contributed by atoms with Gasteiger partial charge in [0.25, 0.3) is 11.1 Å². The van der Waals surface area contributed by atoms with Crippen molar-refractivity contribution in [1.29, 1.82) is 0 Å². The van der Waals surface area contributed by atoms with Gasteiger partial charge >= 0.3 is 0 Å². The van der Waals surface area contributed by atoms with Crippen LogP contribution in [0.2, 0.25) is 5.15 Å². The van der Waals surface area contributed by atoms with Gasteiger partial charge < -0.3 is 14.6 Å². The Morgan fingerprint density at radius 3 is 2.79 bits per heavy atom. The zero-order chi connectivity index (χ0) is 24.2. The molecule has 9 nitrogen and oxygen atoms in total. The number of aliphatic hydroxyl groups excluding tert-OH is 1. The van der Waals surface area contributed by atoms with Crippen LogP contribution >= 0.6 is 22.9 Å². The Hall–Kier alpha value is -2.89. The van der Waals surface area contributed by atoms with Gasteiger partial charge in [0, 0.05) is 11.3 Å². The SMILES string of the molecule is COc1cncc(F)c1-c1cc(C)nc(Cl)c1C(=O)Nc1nnc(OCC2CCC(O)CC2)s1. The van der Waals surface area contributed by atoms with Crippen LogP contribution in [0.5, 0.6) is 10.9 Å². The van der Waals surface area contributed by atoms with E-state index in [0.29, 0.717) is 23.4 Å². The Labute approximate surface area is 204 Å². The monoisotopic (exact) mass is 507 g/mol. The van der Waals surface area contributed by atoms with E-state index >= 15 is 0 Å². The van der Waals surface area contributed by atoms with Crippen LogP contribution < -0.4 is 14.8 Å². The van der Waals surface area contributed by atoms with Crippen LogP contribution in [0.1, 0.15) is 41.7 Å². The number of ether oxygens (including phenoxy) is 2. The fourth-order valence-corrected chi connectivity index (χ4v) is 4.78. The number of rotatable bonds is 7. The molecular formula is C22H23ClFN5O4S. The number of aromatic nitrogens is 4. The molecule has 180 valence electrons. The van der Waals surface area contributed by atoms with Crippen molar-refractivity contribution in [3.8, 4) is 22.1 Å².